The lowest BCUT2D eigenvalue weighted by molar-refractivity contribution is -0.0399. The fourth-order valence-corrected chi connectivity index (χ4v) is 1.44. The Morgan fingerprint density at radius 3 is 2.77 bits per heavy atom. The van der Waals surface area contributed by atoms with Gasteiger partial charge >= 0.3 is 0 Å². The van der Waals surface area contributed by atoms with Crippen LogP contribution in [0.1, 0.15) is 5.56 Å². The zero-order valence-corrected chi connectivity index (χ0v) is 7.40. The van der Waals surface area contributed by atoms with E-state index in [4.69, 9.17) is 15.2 Å². The van der Waals surface area contributed by atoms with Crippen LogP contribution in [0.5, 0.6) is 0 Å². The van der Waals surface area contributed by atoms with E-state index in [9.17, 15) is 0 Å². The van der Waals surface area contributed by atoms with E-state index in [0.717, 1.165) is 17.7 Å². The molecule has 1 fully saturated rings. The van der Waals surface area contributed by atoms with E-state index in [1.165, 1.54) is 0 Å². The quantitative estimate of drug-likeness (QED) is 0.693. The van der Waals surface area contributed by atoms with Gasteiger partial charge in [0, 0.05) is 12.1 Å². The molecule has 0 atom stereocenters. The monoisotopic (exact) mass is 179 g/mol. The molecule has 0 amide bonds. The van der Waals surface area contributed by atoms with Crippen LogP contribution in [-0.2, 0) is 15.9 Å². The zero-order valence-electron chi connectivity index (χ0n) is 7.40. The molecule has 1 aliphatic heterocycles. The average molecular weight is 179 g/mol. The largest absolute Gasteiger partial charge is 0.399 e. The molecule has 70 valence electrons. The number of rotatable bonds is 2. The van der Waals surface area contributed by atoms with Crippen LogP contribution in [0.4, 0.5) is 5.69 Å². The second-order valence-electron chi connectivity index (χ2n) is 3.12. The van der Waals surface area contributed by atoms with Gasteiger partial charge in [-0.05, 0) is 17.7 Å². The minimum atomic E-state index is -0.0817. The van der Waals surface area contributed by atoms with Crippen LogP contribution in [0, 0.1) is 0 Å². The molecule has 2 N–H and O–H groups in total. The van der Waals surface area contributed by atoms with Gasteiger partial charge in [0.25, 0.3) is 0 Å². The first-order valence-corrected chi connectivity index (χ1v) is 4.42. The molecule has 1 heterocycles. The highest BCUT2D eigenvalue weighted by molar-refractivity contribution is 5.40. The van der Waals surface area contributed by atoms with Crippen LogP contribution in [0.15, 0.2) is 24.3 Å². The van der Waals surface area contributed by atoms with Gasteiger partial charge in [0.15, 0.2) is 6.29 Å². The second-order valence-corrected chi connectivity index (χ2v) is 3.12. The summed E-state index contributed by atoms with van der Waals surface area (Å²) in [4.78, 5) is 0. The molecule has 0 bridgehead atoms. The third-order valence-electron chi connectivity index (χ3n) is 2.04. The maximum Gasteiger partial charge on any atom is 0.161 e. The van der Waals surface area contributed by atoms with E-state index >= 15 is 0 Å². The molecule has 1 aliphatic rings. The molecule has 0 unspecified atom stereocenters. The lowest BCUT2D eigenvalue weighted by atomic mass is 10.1. The first kappa shape index (κ1) is 8.53. The van der Waals surface area contributed by atoms with Gasteiger partial charge in [-0.2, -0.15) is 0 Å². The summed E-state index contributed by atoms with van der Waals surface area (Å²) in [5, 5.41) is 0. The van der Waals surface area contributed by atoms with Crippen LogP contribution < -0.4 is 5.73 Å². The van der Waals surface area contributed by atoms with Crippen molar-refractivity contribution in [3.8, 4) is 0 Å². The van der Waals surface area contributed by atoms with Crippen LogP contribution in [0.2, 0.25) is 0 Å². The Bertz CT molecular complexity index is 282. The SMILES string of the molecule is Nc1cccc(CC2OCCO2)c1. The molecule has 0 aliphatic carbocycles. The van der Waals surface area contributed by atoms with E-state index in [2.05, 4.69) is 0 Å². The fraction of sp³-hybridized carbons (Fsp3) is 0.400. The number of hydrogen-bond acceptors (Lipinski definition) is 3. The van der Waals surface area contributed by atoms with E-state index in [0.29, 0.717) is 13.2 Å². The maximum absolute atomic E-state index is 5.65. The number of benzene rings is 1. The third-order valence-corrected chi connectivity index (χ3v) is 2.04. The van der Waals surface area contributed by atoms with E-state index in [-0.39, 0.29) is 6.29 Å². The van der Waals surface area contributed by atoms with Gasteiger partial charge in [0.1, 0.15) is 0 Å². The van der Waals surface area contributed by atoms with Gasteiger partial charge in [0.2, 0.25) is 0 Å². The molecule has 0 saturated carbocycles. The standard InChI is InChI=1S/C10H13NO2/c11-9-3-1-2-8(6-9)7-10-12-4-5-13-10/h1-3,6,10H,4-5,7,11H2. The van der Waals surface area contributed by atoms with E-state index < -0.39 is 0 Å². The summed E-state index contributed by atoms with van der Waals surface area (Å²) < 4.78 is 10.7. The fourth-order valence-electron chi connectivity index (χ4n) is 1.44. The van der Waals surface area contributed by atoms with Gasteiger partial charge in [-0.1, -0.05) is 12.1 Å². The number of ether oxygens (including phenoxy) is 2. The van der Waals surface area contributed by atoms with Crippen LogP contribution in [-0.4, -0.2) is 19.5 Å². The summed E-state index contributed by atoms with van der Waals surface area (Å²) in [6.45, 7) is 1.40. The van der Waals surface area contributed by atoms with Gasteiger partial charge < -0.3 is 15.2 Å². The van der Waals surface area contributed by atoms with Crippen LogP contribution in [0.25, 0.3) is 0 Å². The summed E-state index contributed by atoms with van der Waals surface area (Å²) in [7, 11) is 0. The van der Waals surface area contributed by atoms with Crippen LogP contribution >= 0.6 is 0 Å². The number of anilines is 1. The van der Waals surface area contributed by atoms with Gasteiger partial charge in [0.05, 0.1) is 13.2 Å². The maximum atomic E-state index is 5.65. The summed E-state index contributed by atoms with van der Waals surface area (Å²) in [6, 6.07) is 7.80. The minimum Gasteiger partial charge on any atom is -0.399 e. The second kappa shape index (κ2) is 3.77. The smallest absolute Gasteiger partial charge is 0.161 e. The van der Waals surface area contributed by atoms with Crippen molar-refractivity contribution in [1.82, 2.24) is 0 Å². The third kappa shape index (κ3) is 2.20. The molecule has 1 aromatic rings. The van der Waals surface area contributed by atoms with Crippen molar-refractivity contribution in [2.24, 2.45) is 0 Å². The van der Waals surface area contributed by atoms with Gasteiger partial charge in [-0.15, -0.1) is 0 Å². The molecule has 0 spiro atoms. The summed E-state index contributed by atoms with van der Waals surface area (Å²) in [5.74, 6) is 0. The Balaban J connectivity index is 2.00. The molecule has 1 saturated heterocycles. The molecule has 2 rings (SSSR count). The molecule has 0 radical (unpaired) electrons. The predicted octanol–water partition coefficient (Wildman–Crippen LogP) is 1.18. The molecule has 3 nitrogen and oxygen atoms in total. The van der Waals surface area contributed by atoms with Gasteiger partial charge in [-0.3, -0.25) is 0 Å². The van der Waals surface area contributed by atoms with Gasteiger partial charge in [-0.25, -0.2) is 0 Å². The highest BCUT2D eigenvalue weighted by atomic mass is 16.7. The molecule has 13 heavy (non-hydrogen) atoms. The highest BCUT2D eigenvalue weighted by Gasteiger charge is 2.15. The lowest BCUT2D eigenvalue weighted by Crippen LogP contribution is -2.11. The number of nitrogen functional groups attached to an aromatic ring is 1. The molecule has 3 heteroatoms. The zero-order chi connectivity index (χ0) is 9.10. The average Bonchev–Trinajstić information content (AvgIpc) is 2.57. The summed E-state index contributed by atoms with van der Waals surface area (Å²) in [6.07, 6.45) is 0.701. The first-order valence-electron chi connectivity index (χ1n) is 4.42. The number of nitrogens with two attached hydrogens (primary N) is 1. The predicted molar refractivity (Wildman–Crippen MR) is 50.3 cm³/mol. The summed E-state index contributed by atoms with van der Waals surface area (Å²) in [5.41, 5.74) is 7.60. The number of hydrogen-bond donors (Lipinski definition) is 1. The molecular formula is C10H13NO2. The molecule has 0 aromatic heterocycles. The topological polar surface area (TPSA) is 44.5 Å². The molecule has 1 aromatic carbocycles. The Morgan fingerprint density at radius 1 is 1.31 bits per heavy atom. The van der Waals surface area contributed by atoms with Crippen molar-refractivity contribution >= 4 is 5.69 Å². The lowest BCUT2D eigenvalue weighted by Gasteiger charge is -2.08. The van der Waals surface area contributed by atoms with Crippen molar-refractivity contribution in [3.63, 3.8) is 0 Å². The summed E-state index contributed by atoms with van der Waals surface area (Å²) >= 11 is 0. The Labute approximate surface area is 77.5 Å². The normalized spacial score (nSPS) is 17.8. The van der Waals surface area contributed by atoms with Crippen molar-refractivity contribution in [1.29, 1.82) is 0 Å². The Hall–Kier alpha value is -1.06. The van der Waals surface area contributed by atoms with Crippen LogP contribution in [0.3, 0.4) is 0 Å². The molecular weight excluding hydrogens is 166 g/mol. The highest BCUT2D eigenvalue weighted by Crippen LogP contribution is 2.13. The first-order chi connectivity index (χ1) is 6.34. The Kier molecular flexibility index (Phi) is 2.47. The van der Waals surface area contributed by atoms with Crippen molar-refractivity contribution in [2.45, 2.75) is 12.7 Å². The van der Waals surface area contributed by atoms with Crippen molar-refractivity contribution in [2.75, 3.05) is 18.9 Å². The minimum absolute atomic E-state index is 0.0817. The Morgan fingerprint density at radius 2 is 2.08 bits per heavy atom. The van der Waals surface area contributed by atoms with E-state index in [1.54, 1.807) is 0 Å². The van der Waals surface area contributed by atoms with Crippen molar-refractivity contribution < 1.29 is 9.47 Å². The van der Waals surface area contributed by atoms with E-state index in [1.807, 2.05) is 24.3 Å². The van der Waals surface area contributed by atoms with Crippen molar-refractivity contribution in [3.05, 3.63) is 29.8 Å².